The molecular weight excluding hydrogens is 348 g/mol. The van der Waals surface area contributed by atoms with Gasteiger partial charge in [-0.15, -0.1) is 0 Å². The lowest BCUT2D eigenvalue weighted by atomic mass is 10.1. The van der Waals surface area contributed by atoms with Gasteiger partial charge in [-0.05, 0) is 32.3 Å². The highest BCUT2D eigenvalue weighted by atomic mass is 16.2. The molecule has 0 spiro atoms. The van der Waals surface area contributed by atoms with Gasteiger partial charge in [-0.25, -0.2) is 9.48 Å². The van der Waals surface area contributed by atoms with Crippen LogP contribution in [0.5, 0.6) is 0 Å². The van der Waals surface area contributed by atoms with Crippen molar-refractivity contribution in [3.63, 3.8) is 0 Å². The Labute approximate surface area is 156 Å². The Morgan fingerprint density at radius 1 is 1.30 bits per heavy atom. The smallest absolute Gasteiger partial charge is 0.348 e. The van der Waals surface area contributed by atoms with E-state index >= 15 is 0 Å². The topological polar surface area (TPSA) is 102 Å². The minimum absolute atomic E-state index is 0.0347. The normalized spacial score (nSPS) is 16.6. The highest BCUT2D eigenvalue weighted by Crippen LogP contribution is 2.21. The van der Waals surface area contributed by atoms with Crippen LogP contribution in [0.15, 0.2) is 27.9 Å². The van der Waals surface area contributed by atoms with Gasteiger partial charge in [0.25, 0.3) is 5.56 Å². The van der Waals surface area contributed by atoms with Gasteiger partial charge in [-0.3, -0.25) is 14.2 Å². The molecule has 144 valence electrons. The number of amides is 1. The molecule has 1 N–H and O–H groups in total. The van der Waals surface area contributed by atoms with Crippen molar-refractivity contribution in [1.29, 1.82) is 0 Å². The van der Waals surface area contributed by atoms with Gasteiger partial charge in [0.2, 0.25) is 5.91 Å². The Hall–Kier alpha value is -2.97. The molecule has 0 unspecified atom stereocenters. The SMILES string of the molecule is Cc1cc(C)n(CC(=O)NC[C@@H]2CCN(c3cnn(C)c(=O)c3)C2)c(=O)n1. The number of carbonyl (C=O) groups excluding carboxylic acids is 1. The lowest BCUT2D eigenvalue weighted by Gasteiger charge is -2.18. The molecule has 27 heavy (non-hydrogen) atoms. The number of nitrogens with one attached hydrogen (secondary N) is 1. The number of aromatic nitrogens is 4. The summed E-state index contributed by atoms with van der Waals surface area (Å²) < 4.78 is 2.66. The van der Waals surface area contributed by atoms with Crippen molar-refractivity contribution in [2.75, 3.05) is 24.5 Å². The van der Waals surface area contributed by atoms with Gasteiger partial charge < -0.3 is 10.2 Å². The average molecular weight is 372 g/mol. The molecule has 3 heterocycles. The summed E-state index contributed by atoms with van der Waals surface area (Å²) in [7, 11) is 1.62. The fourth-order valence-electron chi connectivity index (χ4n) is 3.29. The van der Waals surface area contributed by atoms with Crippen molar-refractivity contribution in [3.05, 3.63) is 50.6 Å². The first-order valence-corrected chi connectivity index (χ1v) is 8.93. The molecule has 9 nitrogen and oxygen atoms in total. The number of nitrogens with zero attached hydrogens (tertiary/aromatic N) is 5. The molecule has 1 aliphatic rings. The minimum Gasteiger partial charge on any atom is -0.370 e. The highest BCUT2D eigenvalue weighted by molar-refractivity contribution is 5.75. The summed E-state index contributed by atoms with van der Waals surface area (Å²) in [5.74, 6) is 0.0755. The number of aryl methyl sites for hydroxylation is 3. The molecule has 1 saturated heterocycles. The van der Waals surface area contributed by atoms with E-state index in [1.165, 1.54) is 9.25 Å². The van der Waals surface area contributed by atoms with Crippen molar-refractivity contribution in [2.45, 2.75) is 26.8 Å². The first kappa shape index (κ1) is 18.8. The van der Waals surface area contributed by atoms with Gasteiger partial charge in [0.1, 0.15) is 6.54 Å². The molecule has 9 heteroatoms. The zero-order chi connectivity index (χ0) is 19.6. The molecule has 1 aliphatic heterocycles. The van der Waals surface area contributed by atoms with Crippen molar-refractivity contribution in [3.8, 4) is 0 Å². The molecule has 2 aromatic heterocycles. The largest absolute Gasteiger partial charge is 0.370 e. The third-order valence-electron chi connectivity index (χ3n) is 4.84. The van der Waals surface area contributed by atoms with Gasteiger partial charge in [-0.1, -0.05) is 0 Å². The average Bonchev–Trinajstić information content (AvgIpc) is 3.07. The van der Waals surface area contributed by atoms with E-state index in [2.05, 4.69) is 20.3 Å². The maximum absolute atomic E-state index is 12.2. The third-order valence-corrected chi connectivity index (χ3v) is 4.84. The van der Waals surface area contributed by atoms with Crippen LogP contribution in [-0.2, 0) is 18.4 Å². The minimum atomic E-state index is -0.409. The lowest BCUT2D eigenvalue weighted by Crippen LogP contribution is -2.37. The van der Waals surface area contributed by atoms with Crippen LogP contribution in [-0.4, -0.2) is 44.9 Å². The van der Waals surface area contributed by atoms with Crippen LogP contribution in [0.3, 0.4) is 0 Å². The monoisotopic (exact) mass is 372 g/mol. The van der Waals surface area contributed by atoms with Crippen LogP contribution in [0.25, 0.3) is 0 Å². The van der Waals surface area contributed by atoms with E-state index < -0.39 is 5.69 Å². The van der Waals surface area contributed by atoms with Crippen LogP contribution in [0.4, 0.5) is 5.69 Å². The molecule has 0 bridgehead atoms. The summed E-state index contributed by atoms with van der Waals surface area (Å²) in [4.78, 5) is 41.9. The van der Waals surface area contributed by atoms with Crippen molar-refractivity contribution >= 4 is 11.6 Å². The second-order valence-electron chi connectivity index (χ2n) is 6.99. The molecular formula is C18H24N6O3. The second-order valence-corrected chi connectivity index (χ2v) is 6.99. The van der Waals surface area contributed by atoms with E-state index in [1.807, 2.05) is 0 Å². The zero-order valence-corrected chi connectivity index (χ0v) is 15.8. The van der Waals surface area contributed by atoms with E-state index in [-0.39, 0.29) is 23.9 Å². The van der Waals surface area contributed by atoms with Gasteiger partial charge in [-0.2, -0.15) is 10.1 Å². The Morgan fingerprint density at radius 2 is 2.07 bits per heavy atom. The van der Waals surface area contributed by atoms with Gasteiger partial charge in [0.05, 0.1) is 11.9 Å². The number of hydrogen-bond acceptors (Lipinski definition) is 6. The summed E-state index contributed by atoms with van der Waals surface area (Å²) in [6, 6.07) is 3.36. The van der Waals surface area contributed by atoms with Crippen LogP contribution >= 0.6 is 0 Å². The van der Waals surface area contributed by atoms with Gasteiger partial charge >= 0.3 is 5.69 Å². The van der Waals surface area contributed by atoms with E-state index in [9.17, 15) is 14.4 Å². The highest BCUT2D eigenvalue weighted by Gasteiger charge is 2.24. The van der Waals surface area contributed by atoms with E-state index in [1.54, 1.807) is 39.2 Å². The van der Waals surface area contributed by atoms with Crippen LogP contribution in [0.1, 0.15) is 17.8 Å². The van der Waals surface area contributed by atoms with Gasteiger partial charge in [0.15, 0.2) is 0 Å². The van der Waals surface area contributed by atoms with E-state index in [0.29, 0.717) is 17.9 Å². The zero-order valence-electron chi connectivity index (χ0n) is 15.8. The van der Waals surface area contributed by atoms with Crippen molar-refractivity contribution in [2.24, 2.45) is 13.0 Å². The first-order chi connectivity index (χ1) is 12.8. The second kappa shape index (κ2) is 7.73. The summed E-state index contributed by atoms with van der Waals surface area (Å²) in [6.45, 7) is 5.60. The standard InChI is InChI=1S/C18H24N6O3/c1-12-6-13(2)24(18(27)21-12)11-16(25)19-8-14-4-5-23(10-14)15-7-17(26)22(3)20-9-15/h6-7,9,14H,4-5,8,10-11H2,1-3H3,(H,19,25)/t14-/m0/s1. The number of carbonyl (C=O) groups is 1. The lowest BCUT2D eigenvalue weighted by molar-refractivity contribution is -0.121. The number of rotatable bonds is 5. The van der Waals surface area contributed by atoms with E-state index in [4.69, 9.17) is 0 Å². The summed E-state index contributed by atoms with van der Waals surface area (Å²) in [6.07, 6.45) is 2.60. The fraction of sp³-hybridized carbons (Fsp3) is 0.500. The molecule has 0 saturated carbocycles. The fourth-order valence-corrected chi connectivity index (χ4v) is 3.29. The predicted octanol–water partition coefficient (Wildman–Crippen LogP) is -0.403. The molecule has 0 aliphatic carbocycles. The molecule has 1 amide bonds. The molecule has 3 rings (SSSR count). The van der Waals surface area contributed by atoms with Crippen LogP contribution in [0, 0.1) is 19.8 Å². The van der Waals surface area contributed by atoms with E-state index in [0.717, 1.165) is 25.2 Å². The quantitative estimate of drug-likeness (QED) is 0.766. The summed E-state index contributed by atoms with van der Waals surface area (Å²) >= 11 is 0. The first-order valence-electron chi connectivity index (χ1n) is 8.93. The van der Waals surface area contributed by atoms with Crippen LogP contribution in [0.2, 0.25) is 0 Å². The third kappa shape index (κ3) is 4.42. The Morgan fingerprint density at radius 3 is 2.78 bits per heavy atom. The number of hydrogen-bond donors (Lipinski definition) is 1. The maximum Gasteiger partial charge on any atom is 0.348 e. The maximum atomic E-state index is 12.2. The van der Waals surface area contributed by atoms with Crippen LogP contribution < -0.4 is 21.5 Å². The predicted molar refractivity (Wildman–Crippen MR) is 101 cm³/mol. The Balaban J connectivity index is 1.54. The van der Waals surface area contributed by atoms with Gasteiger partial charge in [0, 0.05) is 44.1 Å². The molecule has 1 fully saturated rings. The Bertz CT molecular complexity index is 964. The van der Waals surface area contributed by atoms with Crippen molar-refractivity contribution in [1.82, 2.24) is 24.6 Å². The Kier molecular flexibility index (Phi) is 5.38. The summed E-state index contributed by atoms with van der Waals surface area (Å²) in [5.41, 5.74) is 1.61. The number of anilines is 1. The molecule has 1 atom stereocenters. The molecule has 0 aromatic carbocycles. The summed E-state index contributed by atoms with van der Waals surface area (Å²) in [5, 5.41) is 6.95. The van der Waals surface area contributed by atoms with Crippen molar-refractivity contribution < 1.29 is 4.79 Å². The molecule has 2 aromatic rings. The molecule has 0 radical (unpaired) electrons.